The van der Waals surface area contributed by atoms with Crippen LogP contribution in [0.5, 0.6) is 0 Å². The van der Waals surface area contributed by atoms with E-state index in [1.807, 2.05) is 4.57 Å². The first-order chi connectivity index (χ1) is 10.0. The van der Waals surface area contributed by atoms with Gasteiger partial charge in [-0.3, -0.25) is 4.57 Å². The van der Waals surface area contributed by atoms with Crippen LogP contribution in [0.25, 0.3) is 16.9 Å². The minimum Gasteiger partial charge on any atom is -0.280 e. The molecule has 3 rings (SSSR count). The minimum absolute atomic E-state index is 0.308. The monoisotopic (exact) mass is 383 g/mol. The van der Waals surface area contributed by atoms with Crippen molar-refractivity contribution in [3.05, 3.63) is 50.8 Å². The highest BCUT2D eigenvalue weighted by Gasteiger charge is 2.14. The number of hydrogen-bond donors (Lipinski definition) is 0. The molecule has 0 fully saturated rings. The molecule has 21 heavy (non-hydrogen) atoms. The lowest BCUT2D eigenvalue weighted by Gasteiger charge is -2.11. The van der Waals surface area contributed by atoms with Gasteiger partial charge in [-0.15, -0.1) is 11.6 Å². The highest BCUT2D eigenvalue weighted by Crippen LogP contribution is 2.28. The Morgan fingerprint density at radius 3 is 2.48 bits per heavy atom. The van der Waals surface area contributed by atoms with Crippen molar-refractivity contribution < 1.29 is 0 Å². The average Bonchev–Trinajstić information content (AvgIpc) is 2.81. The molecule has 1 aromatic carbocycles. The van der Waals surface area contributed by atoms with Crippen LogP contribution >= 0.6 is 39.1 Å². The summed E-state index contributed by atoms with van der Waals surface area (Å²) in [5, 5.41) is 0.566. The quantitative estimate of drug-likeness (QED) is 0.569. The van der Waals surface area contributed by atoms with E-state index in [1.165, 1.54) is 0 Å². The second-order valence-electron chi connectivity index (χ2n) is 4.89. The maximum atomic E-state index is 6.05. The lowest BCUT2D eigenvalue weighted by molar-refractivity contribution is 0.965. The molecule has 0 N–H and O–H groups in total. The smallest absolute Gasteiger partial charge is 0.164 e. The number of halogens is 3. The Morgan fingerprint density at radius 1 is 1.19 bits per heavy atom. The fourth-order valence-corrected chi connectivity index (χ4v) is 2.96. The van der Waals surface area contributed by atoms with Gasteiger partial charge in [0.25, 0.3) is 0 Å². The predicted octanol–water partition coefficient (Wildman–Crippen LogP) is 5.19. The van der Waals surface area contributed by atoms with Gasteiger partial charge < -0.3 is 0 Å². The first kappa shape index (κ1) is 14.8. The summed E-state index contributed by atoms with van der Waals surface area (Å²) in [6, 6.07) is 5.98. The van der Waals surface area contributed by atoms with Crippen molar-refractivity contribution in [1.29, 1.82) is 0 Å². The van der Waals surface area contributed by atoms with Gasteiger partial charge in [0.15, 0.2) is 5.65 Å². The van der Waals surface area contributed by atoms with Crippen molar-refractivity contribution in [3.8, 4) is 5.69 Å². The summed E-state index contributed by atoms with van der Waals surface area (Å²) in [5.41, 5.74) is 4.82. The number of pyridine rings is 1. The van der Waals surface area contributed by atoms with Crippen molar-refractivity contribution in [1.82, 2.24) is 14.5 Å². The molecule has 0 atom stereocenters. The number of aryl methyl sites for hydroxylation is 2. The Kier molecular flexibility index (Phi) is 3.95. The van der Waals surface area contributed by atoms with E-state index in [9.17, 15) is 0 Å². The standard InChI is InChI=1S/C15H12BrCl2N3/c1-8-3-11(4-9(2)14(8)16)21-13(6-17)20-12-5-10(18)7-19-15(12)21/h3-5,7H,6H2,1-2H3. The van der Waals surface area contributed by atoms with Gasteiger partial charge in [0.2, 0.25) is 0 Å². The molecule has 0 aliphatic carbocycles. The average molecular weight is 385 g/mol. The zero-order valence-corrected chi connectivity index (χ0v) is 14.6. The van der Waals surface area contributed by atoms with Crippen molar-refractivity contribution in [2.75, 3.05) is 0 Å². The molecule has 2 heterocycles. The van der Waals surface area contributed by atoms with Gasteiger partial charge in [-0.1, -0.05) is 27.5 Å². The summed E-state index contributed by atoms with van der Waals surface area (Å²) in [7, 11) is 0. The molecule has 0 amide bonds. The molecule has 0 aliphatic heterocycles. The van der Waals surface area contributed by atoms with Crippen molar-refractivity contribution in [2.24, 2.45) is 0 Å². The third-order valence-electron chi connectivity index (χ3n) is 3.33. The first-order valence-corrected chi connectivity index (χ1v) is 8.07. The highest BCUT2D eigenvalue weighted by atomic mass is 79.9. The Labute approximate surface area is 141 Å². The van der Waals surface area contributed by atoms with Gasteiger partial charge in [0, 0.05) is 16.4 Å². The summed E-state index contributed by atoms with van der Waals surface area (Å²) < 4.78 is 3.09. The maximum absolute atomic E-state index is 6.05. The number of aromatic nitrogens is 3. The number of benzene rings is 1. The van der Waals surface area contributed by atoms with E-state index in [2.05, 4.69) is 51.9 Å². The molecular formula is C15H12BrCl2N3. The molecule has 0 aliphatic rings. The third-order valence-corrected chi connectivity index (χ3v) is 5.03. The van der Waals surface area contributed by atoms with E-state index in [0.29, 0.717) is 10.9 Å². The van der Waals surface area contributed by atoms with Crippen LogP contribution in [0.1, 0.15) is 17.0 Å². The summed E-state index contributed by atoms with van der Waals surface area (Å²) in [6.45, 7) is 4.12. The summed E-state index contributed by atoms with van der Waals surface area (Å²) in [4.78, 5) is 8.93. The molecule has 0 spiro atoms. The van der Waals surface area contributed by atoms with Crippen LogP contribution in [0, 0.1) is 13.8 Å². The van der Waals surface area contributed by atoms with E-state index >= 15 is 0 Å². The van der Waals surface area contributed by atoms with Gasteiger partial charge >= 0.3 is 0 Å². The molecule has 2 aromatic heterocycles. The zero-order chi connectivity index (χ0) is 15.1. The Balaban J connectivity index is 2.33. The molecular weight excluding hydrogens is 373 g/mol. The van der Waals surface area contributed by atoms with Crippen LogP contribution in [-0.4, -0.2) is 14.5 Å². The van der Waals surface area contributed by atoms with E-state index in [0.717, 1.165) is 38.3 Å². The van der Waals surface area contributed by atoms with Crippen LogP contribution in [0.15, 0.2) is 28.9 Å². The normalized spacial score (nSPS) is 11.3. The summed E-state index contributed by atoms with van der Waals surface area (Å²) in [6.07, 6.45) is 1.62. The maximum Gasteiger partial charge on any atom is 0.164 e. The Morgan fingerprint density at radius 2 is 1.86 bits per heavy atom. The topological polar surface area (TPSA) is 30.7 Å². The second kappa shape index (κ2) is 5.59. The van der Waals surface area contributed by atoms with Crippen molar-refractivity contribution in [2.45, 2.75) is 19.7 Å². The molecule has 108 valence electrons. The van der Waals surface area contributed by atoms with Gasteiger partial charge in [-0.2, -0.15) is 0 Å². The van der Waals surface area contributed by atoms with Gasteiger partial charge in [-0.25, -0.2) is 9.97 Å². The summed E-state index contributed by atoms with van der Waals surface area (Å²) in [5.74, 6) is 1.06. The van der Waals surface area contributed by atoms with Gasteiger partial charge in [0.05, 0.1) is 10.9 Å². The number of nitrogens with zero attached hydrogens (tertiary/aromatic N) is 3. The lowest BCUT2D eigenvalue weighted by atomic mass is 10.1. The van der Waals surface area contributed by atoms with Gasteiger partial charge in [0.1, 0.15) is 11.3 Å². The van der Waals surface area contributed by atoms with Crippen LogP contribution in [0.3, 0.4) is 0 Å². The van der Waals surface area contributed by atoms with Crippen molar-refractivity contribution >= 4 is 50.3 Å². The Bertz CT molecular complexity index is 819. The van der Waals surface area contributed by atoms with E-state index < -0.39 is 0 Å². The molecule has 0 unspecified atom stereocenters. The molecule has 3 aromatic rings. The number of fused-ring (bicyclic) bond motifs is 1. The Hall–Kier alpha value is -1.10. The number of imidazole rings is 1. The van der Waals surface area contributed by atoms with Crippen molar-refractivity contribution in [3.63, 3.8) is 0 Å². The molecule has 0 radical (unpaired) electrons. The summed E-state index contributed by atoms with van der Waals surface area (Å²) >= 11 is 15.6. The van der Waals surface area contributed by atoms with E-state index in [1.54, 1.807) is 12.3 Å². The van der Waals surface area contributed by atoms with Crippen LogP contribution < -0.4 is 0 Å². The van der Waals surface area contributed by atoms with E-state index in [-0.39, 0.29) is 0 Å². The molecule has 6 heteroatoms. The molecule has 0 saturated heterocycles. The first-order valence-electron chi connectivity index (χ1n) is 6.37. The molecule has 3 nitrogen and oxygen atoms in total. The van der Waals surface area contributed by atoms with Crippen LogP contribution in [-0.2, 0) is 5.88 Å². The number of rotatable bonds is 2. The third kappa shape index (κ3) is 2.56. The number of hydrogen-bond acceptors (Lipinski definition) is 2. The highest BCUT2D eigenvalue weighted by molar-refractivity contribution is 9.10. The van der Waals surface area contributed by atoms with E-state index in [4.69, 9.17) is 23.2 Å². The van der Waals surface area contributed by atoms with Gasteiger partial charge in [-0.05, 0) is 43.2 Å². The number of alkyl halides is 1. The second-order valence-corrected chi connectivity index (χ2v) is 6.38. The molecule has 0 bridgehead atoms. The zero-order valence-electron chi connectivity index (χ0n) is 11.5. The molecule has 0 saturated carbocycles. The largest absolute Gasteiger partial charge is 0.280 e. The predicted molar refractivity (Wildman–Crippen MR) is 90.6 cm³/mol. The minimum atomic E-state index is 0.308. The van der Waals surface area contributed by atoms with Crippen LogP contribution in [0.4, 0.5) is 0 Å². The van der Waals surface area contributed by atoms with Crippen LogP contribution in [0.2, 0.25) is 5.02 Å². The fourth-order valence-electron chi connectivity index (χ4n) is 2.40. The fraction of sp³-hybridized carbons (Fsp3) is 0.200. The lowest BCUT2D eigenvalue weighted by Crippen LogP contribution is -2.01. The SMILES string of the molecule is Cc1cc(-n2c(CCl)nc3cc(Cl)cnc32)cc(C)c1Br.